The maximum Gasteiger partial charge on any atom is 0.328 e. The topological polar surface area (TPSA) is 55.4 Å². The van der Waals surface area contributed by atoms with E-state index in [0.717, 1.165) is 10.0 Å². The smallest absolute Gasteiger partial charge is 0.328 e. The van der Waals surface area contributed by atoms with Crippen LogP contribution in [0, 0.1) is 6.92 Å². The highest BCUT2D eigenvalue weighted by Crippen LogP contribution is 2.19. The molecule has 0 unspecified atom stereocenters. The quantitative estimate of drug-likeness (QED) is 0.869. The number of hydrogen-bond acceptors (Lipinski definition) is 3. The third-order valence-corrected chi connectivity index (χ3v) is 3.27. The molecule has 1 aromatic carbocycles. The van der Waals surface area contributed by atoms with Gasteiger partial charge in [0.05, 0.1) is 7.11 Å². The number of halogens is 1. The number of benzene rings is 1. The largest absolute Gasteiger partial charge is 0.467 e. The highest BCUT2D eigenvalue weighted by molar-refractivity contribution is 9.10. The van der Waals surface area contributed by atoms with Crippen LogP contribution in [0.15, 0.2) is 22.7 Å². The van der Waals surface area contributed by atoms with Gasteiger partial charge in [-0.15, -0.1) is 0 Å². The Kier molecular flexibility index (Phi) is 4.69. The Morgan fingerprint density at radius 1 is 1.41 bits per heavy atom. The molecule has 0 aliphatic carbocycles. The van der Waals surface area contributed by atoms with Gasteiger partial charge in [-0.3, -0.25) is 4.79 Å². The van der Waals surface area contributed by atoms with E-state index in [2.05, 4.69) is 26.0 Å². The zero-order chi connectivity index (χ0) is 13.0. The van der Waals surface area contributed by atoms with Crippen LogP contribution < -0.4 is 5.32 Å². The molecule has 0 saturated heterocycles. The number of carbonyl (C=O) groups is 2. The van der Waals surface area contributed by atoms with Gasteiger partial charge in [0.2, 0.25) is 0 Å². The Labute approximate surface area is 108 Å². The van der Waals surface area contributed by atoms with Gasteiger partial charge in [-0.05, 0) is 31.5 Å². The molecule has 0 spiro atoms. The highest BCUT2D eigenvalue weighted by atomic mass is 79.9. The van der Waals surface area contributed by atoms with E-state index in [4.69, 9.17) is 0 Å². The number of amides is 1. The molecule has 1 aromatic rings. The van der Waals surface area contributed by atoms with Crippen molar-refractivity contribution < 1.29 is 14.3 Å². The first-order chi connectivity index (χ1) is 7.97. The molecule has 4 nitrogen and oxygen atoms in total. The van der Waals surface area contributed by atoms with E-state index in [1.807, 2.05) is 13.0 Å². The van der Waals surface area contributed by atoms with Crippen molar-refractivity contribution in [3.8, 4) is 0 Å². The van der Waals surface area contributed by atoms with Gasteiger partial charge in [-0.25, -0.2) is 4.79 Å². The predicted molar refractivity (Wildman–Crippen MR) is 67.8 cm³/mol. The van der Waals surface area contributed by atoms with Crippen LogP contribution >= 0.6 is 15.9 Å². The van der Waals surface area contributed by atoms with Crippen molar-refractivity contribution in [2.75, 3.05) is 7.11 Å². The molecule has 17 heavy (non-hydrogen) atoms. The highest BCUT2D eigenvalue weighted by Gasteiger charge is 2.18. The van der Waals surface area contributed by atoms with Crippen LogP contribution in [0.25, 0.3) is 0 Å². The lowest BCUT2D eigenvalue weighted by atomic mass is 10.1. The van der Waals surface area contributed by atoms with Gasteiger partial charge in [0, 0.05) is 10.0 Å². The zero-order valence-corrected chi connectivity index (χ0v) is 11.5. The Balaban J connectivity index is 2.84. The van der Waals surface area contributed by atoms with Crippen molar-refractivity contribution in [3.63, 3.8) is 0 Å². The van der Waals surface area contributed by atoms with Gasteiger partial charge in [-0.1, -0.05) is 22.0 Å². The second-order valence-electron chi connectivity index (χ2n) is 3.63. The molecule has 1 rings (SSSR count). The van der Waals surface area contributed by atoms with Gasteiger partial charge >= 0.3 is 5.97 Å². The summed E-state index contributed by atoms with van der Waals surface area (Å²) in [6.07, 6.45) is 0. The summed E-state index contributed by atoms with van der Waals surface area (Å²) in [6.45, 7) is 3.42. The second-order valence-corrected chi connectivity index (χ2v) is 4.49. The van der Waals surface area contributed by atoms with Gasteiger partial charge in [-0.2, -0.15) is 0 Å². The molecule has 0 fully saturated rings. The van der Waals surface area contributed by atoms with Crippen LogP contribution in [0.3, 0.4) is 0 Å². The lowest BCUT2D eigenvalue weighted by molar-refractivity contribution is -0.142. The average molecular weight is 300 g/mol. The average Bonchev–Trinajstić information content (AvgIpc) is 2.31. The third-order valence-electron chi connectivity index (χ3n) is 2.41. The number of carbonyl (C=O) groups excluding carboxylic acids is 2. The van der Waals surface area contributed by atoms with Crippen molar-refractivity contribution >= 4 is 27.8 Å². The maximum absolute atomic E-state index is 11.9. The summed E-state index contributed by atoms with van der Waals surface area (Å²) in [4.78, 5) is 23.1. The van der Waals surface area contributed by atoms with E-state index in [1.54, 1.807) is 19.1 Å². The van der Waals surface area contributed by atoms with E-state index in [9.17, 15) is 9.59 Å². The van der Waals surface area contributed by atoms with Crippen LogP contribution in [0.2, 0.25) is 0 Å². The summed E-state index contributed by atoms with van der Waals surface area (Å²) in [5, 5.41) is 2.58. The standard InChI is InChI=1S/C12H14BrNO3/c1-7-9(5-4-6-10(7)13)11(15)14-8(2)12(16)17-3/h4-6,8H,1-3H3,(H,14,15)/t8-/m0/s1. The monoisotopic (exact) mass is 299 g/mol. The van der Waals surface area contributed by atoms with Crippen molar-refractivity contribution in [1.82, 2.24) is 5.32 Å². The molecule has 1 N–H and O–H groups in total. The number of nitrogens with one attached hydrogen (secondary N) is 1. The van der Waals surface area contributed by atoms with E-state index >= 15 is 0 Å². The van der Waals surface area contributed by atoms with Gasteiger partial charge in [0.25, 0.3) is 5.91 Å². The number of rotatable bonds is 3. The molecule has 92 valence electrons. The maximum atomic E-state index is 11.9. The first kappa shape index (κ1) is 13.7. The Bertz CT molecular complexity index is 445. The molecule has 0 heterocycles. The van der Waals surface area contributed by atoms with E-state index in [-0.39, 0.29) is 5.91 Å². The molecular formula is C12H14BrNO3. The van der Waals surface area contributed by atoms with Crippen molar-refractivity contribution in [2.24, 2.45) is 0 Å². The Morgan fingerprint density at radius 2 is 2.06 bits per heavy atom. The minimum atomic E-state index is -0.661. The third kappa shape index (κ3) is 3.30. The van der Waals surface area contributed by atoms with E-state index in [1.165, 1.54) is 7.11 Å². The number of methoxy groups -OCH3 is 1. The van der Waals surface area contributed by atoms with Gasteiger partial charge < -0.3 is 10.1 Å². The first-order valence-corrected chi connectivity index (χ1v) is 5.90. The molecule has 0 bridgehead atoms. The summed E-state index contributed by atoms with van der Waals surface area (Å²) >= 11 is 3.35. The van der Waals surface area contributed by atoms with Gasteiger partial charge in [0.15, 0.2) is 0 Å². The molecule has 1 amide bonds. The van der Waals surface area contributed by atoms with Crippen molar-refractivity contribution in [3.05, 3.63) is 33.8 Å². The summed E-state index contributed by atoms with van der Waals surface area (Å²) in [7, 11) is 1.29. The minimum absolute atomic E-state index is 0.290. The first-order valence-electron chi connectivity index (χ1n) is 5.11. The Hall–Kier alpha value is -1.36. The summed E-state index contributed by atoms with van der Waals surface area (Å²) in [5.41, 5.74) is 1.37. The molecule has 0 radical (unpaired) electrons. The summed E-state index contributed by atoms with van der Waals surface area (Å²) in [5.74, 6) is -0.757. The molecule has 0 aromatic heterocycles. The van der Waals surface area contributed by atoms with Crippen LogP contribution in [0.1, 0.15) is 22.8 Å². The van der Waals surface area contributed by atoms with Crippen LogP contribution in [-0.4, -0.2) is 25.0 Å². The predicted octanol–water partition coefficient (Wildman–Crippen LogP) is 2.05. The number of esters is 1. The van der Waals surface area contributed by atoms with E-state index < -0.39 is 12.0 Å². The van der Waals surface area contributed by atoms with Crippen LogP contribution in [0.5, 0.6) is 0 Å². The number of hydrogen-bond donors (Lipinski definition) is 1. The summed E-state index contributed by atoms with van der Waals surface area (Å²) < 4.78 is 5.40. The molecule has 0 aliphatic rings. The normalized spacial score (nSPS) is 11.8. The molecule has 1 atom stereocenters. The van der Waals surface area contributed by atoms with Gasteiger partial charge in [0.1, 0.15) is 6.04 Å². The van der Waals surface area contributed by atoms with Crippen LogP contribution in [0.4, 0.5) is 0 Å². The molecule has 0 aliphatic heterocycles. The molecule has 0 saturated carbocycles. The fourth-order valence-corrected chi connectivity index (χ4v) is 1.73. The lowest BCUT2D eigenvalue weighted by Crippen LogP contribution is -2.39. The summed E-state index contributed by atoms with van der Waals surface area (Å²) in [6, 6.07) is 4.68. The van der Waals surface area contributed by atoms with E-state index in [0.29, 0.717) is 5.56 Å². The zero-order valence-electron chi connectivity index (χ0n) is 9.91. The van der Waals surface area contributed by atoms with Crippen LogP contribution in [-0.2, 0) is 9.53 Å². The molecular weight excluding hydrogens is 286 g/mol. The fourth-order valence-electron chi connectivity index (χ4n) is 1.36. The van der Waals surface area contributed by atoms with Crippen molar-refractivity contribution in [2.45, 2.75) is 19.9 Å². The number of ether oxygens (including phenoxy) is 1. The lowest BCUT2D eigenvalue weighted by Gasteiger charge is -2.13. The minimum Gasteiger partial charge on any atom is -0.467 e. The second kappa shape index (κ2) is 5.82. The SMILES string of the molecule is COC(=O)[C@H](C)NC(=O)c1cccc(Br)c1C. The fraction of sp³-hybridized carbons (Fsp3) is 0.333. The van der Waals surface area contributed by atoms with Crippen molar-refractivity contribution in [1.29, 1.82) is 0 Å². The Morgan fingerprint density at radius 3 is 2.65 bits per heavy atom. The molecule has 5 heteroatoms.